The Morgan fingerprint density at radius 3 is 2.65 bits per heavy atom. The molecule has 0 spiro atoms. The monoisotopic (exact) mass is 321 g/mol. The van der Waals surface area contributed by atoms with Gasteiger partial charge in [0.15, 0.2) is 0 Å². The maximum Gasteiger partial charge on any atom is 0.416 e. The molecule has 0 amide bonds. The maximum atomic E-state index is 12.8. The van der Waals surface area contributed by atoms with E-state index in [0.29, 0.717) is 23.3 Å². The summed E-state index contributed by atoms with van der Waals surface area (Å²) in [5.41, 5.74) is 6.98. The van der Waals surface area contributed by atoms with Gasteiger partial charge in [-0.1, -0.05) is 18.2 Å². The molecular formula is C16H14F3N3O. The van der Waals surface area contributed by atoms with Crippen LogP contribution in [0.5, 0.6) is 5.75 Å². The fraction of sp³-hybridized carbons (Fsp3) is 0.188. The Morgan fingerprint density at radius 1 is 1.17 bits per heavy atom. The molecule has 1 unspecified atom stereocenters. The van der Waals surface area contributed by atoms with E-state index in [0.717, 1.165) is 17.7 Å². The average Bonchev–Trinajstić information content (AvgIpc) is 2.96. The Kier molecular flexibility index (Phi) is 3.63. The smallest absolute Gasteiger partial charge is 0.416 e. The highest BCUT2D eigenvalue weighted by Crippen LogP contribution is 2.40. The molecule has 0 aliphatic carbocycles. The Morgan fingerprint density at radius 2 is 1.96 bits per heavy atom. The van der Waals surface area contributed by atoms with E-state index in [9.17, 15) is 13.2 Å². The Labute approximate surface area is 130 Å². The highest BCUT2D eigenvalue weighted by molar-refractivity contribution is 5.97. The first-order valence-electron chi connectivity index (χ1n) is 6.89. The van der Waals surface area contributed by atoms with Gasteiger partial charge in [0.2, 0.25) is 0 Å². The topological polar surface area (TPSA) is 73.6 Å². The number of hydrogen-bond acceptors (Lipinski definition) is 3. The van der Waals surface area contributed by atoms with Crippen LogP contribution >= 0.6 is 0 Å². The molecule has 0 saturated carbocycles. The molecule has 1 aliphatic heterocycles. The standard InChI is InChI=1S/C16H14F3N3O/c17-16(18,19)12-4-5-13-11(7-12)8-14(23-13)9-2-1-3-10(6-9)15(20)22-21/h1-7,14H,8,21H2,(H2,20,22). The number of benzene rings is 2. The fourth-order valence-electron chi connectivity index (χ4n) is 2.58. The van der Waals surface area contributed by atoms with Crippen molar-refractivity contribution in [3.63, 3.8) is 0 Å². The largest absolute Gasteiger partial charge is 0.485 e. The van der Waals surface area contributed by atoms with Crippen molar-refractivity contribution in [3.05, 3.63) is 64.7 Å². The number of hydrogen-bond donors (Lipinski definition) is 2. The van der Waals surface area contributed by atoms with Crippen molar-refractivity contribution in [1.29, 1.82) is 0 Å². The molecule has 120 valence electrons. The molecule has 0 saturated heterocycles. The van der Waals surface area contributed by atoms with Gasteiger partial charge in [-0.3, -0.25) is 0 Å². The number of ether oxygens (including phenoxy) is 1. The minimum atomic E-state index is -4.36. The first-order valence-corrected chi connectivity index (χ1v) is 6.89. The Bertz CT molecular complexity index is 771. The van der Waals surface area contributed by atoms with Crippen LogP contribution in [0, 0.1) is 0 Å². The number of alkyl halides is 3. The third kappa shape index (κ3) is 2.94. The van der Waals surface area contributed by atoms with Crippen LogP contribution in [0.4, 0.5) is 13.2 Å². The second kappa shape index (κ2) is 5.49. The van der Waals surface area contributed by atoms with Crippen LogP contribution in [0.1, 0.15) is 28.4 Å². The zero-order chi connectivity index (χ0) is 16.6. The summed E-state index contributed by atoms with van der Waals surface area (Å²) in [5, 5.41) is 3.43. The number of amidine groups is 1. The molecule has 0 fully saturated rings. The second-order valence-corrected chi connectivity index (χ2v) is 5.27. The molecule has 4 nitrogen and oxygen atoms in total. The molecule has 1 aliphatic rings. The van der Waals surface area contributed by atoms with E-state index >= 15 is 0 Å². The van der Waals surface area contributed by atoms with Crippen molar-refractivity contribution in [2.24, 2.45) is 16.7 Å². The molecule has 7 heteroatoms. The zero-order valence-electron chi connectivity index (χ0n) is 12.0. The Balaban J connectivity index is 1.88. The summed E-state index contributed by atoms with van der Waals surface area (Å²) in [4.78, 5) is 0. The van der Waals surface area contributed by atoms with Crippen LogP contribution in [-0.2, 0) is 12.6 Å². The molecule has 0 radical (unpaired) electrons. The van der Waals surface area contributed by atoms with Gasteiger partial charge in [0, 0.05) is 12.0 Å². The first kappa shape index (κ1) is 15.2. The summed E-state index contributed by atoms with van der Waals surface area (Å²) < 4.78 is 44.1. The number of rotatable bonds is 2. The third-order valence-corrected chi connectivity index (χ3v) is 3.76. The van der Waals surface area contributed by atoms with Gasteiger partial charge in [0.05, 0.1) is 5.56 Å². The zero-order valence-corrected chi connectivity index (χ0v) is 12.0. The van der Waals surface area contributed by atoms with Gasteiger partial charge < -0.3 is 16.3 Å². The predicted octanol–water partition coefficient (Wildman–Crippen LogP) is 2.96. The average molecular weight is 321 g/mol. The van der Waals surface area contributed by atoms with Crippen LogP contribution in [0.2, 0.25) is 0 Å². The Hall–Kier alpha value is -2.70. The lowest BCUT2D eigenvalue weighted by atomic mass is 10.0. The van der Waals surface area contributed by atoms with Crippen molar-refractivity contribution in [3.8, 4) is 5.75 Å². The molecule has 0 bridgehead atoms. The molecule has 4 N–H and O–H groups in total. The van der Waals surface area contributed by atoms with Crippen LogP contribution in [0.15, 0.2) is 47.6 Å². The molecule has 2 aromatic carbocycles. The van der Waals surface area contributed by atoms with Crippen LogP contribution in [0.3, 0.4) is 0 Å². The molecule has 1 heterocycles. The van der Waals surface area contributed by atoms with E-state index in [-0.39, 0.29) is 11.9 Å². The minimum absolute atomic E-state index is 0.182. The lowest BCUT2D eigenvalue weighted by Crippen LogP contribution is -2.16. The quantitative estimate of drug-likeness (QED) is 0.386. The van der Waals surface area contributed by atoms with Crippen molar-refractivity contribution in [2.45, 2.75) is 18.7 Å². The van der Waals surface area contributed by atoms with E-state index in [1.807, 2.05) is 6.07 Å². The van der Waals surface area contributed by atoms with Gasteiger partial charge in [0.25, 0.3) is 0 Å². The molecule has 1 atom stereocenters. The van der Waals surface area contributed by atoms with E-state index in [1.165, 1.54) is 6.07 Å². The SMILES string of the molecule is N/N=C(\N)c1cccc(C2Cc3cc(C(F)(F)F)ccc3O2)c1. The fourth-order valence-corrected chi connectivity index (χ4v) is 2.58. The molecule has 3 rings (SSSR count). The van der Waals surface area contributed by atoms with E-state index in [2.05, 4.69) is 5.10 Å². The lowest BCUT2D eigenvalue weighted by Gasteiger charge is -2.12. The van der Waals surface area contributed by atoms with Gasteiger partial charge >= 0.3 is 6.18 Å². The number of fused-ring (bicyclic) bond motifs is 1. The van der Waals surface area contributed by atoms with Crippen molar-refractivity contribution in [2.75, 3.05) is 0 Å². The number of nitrogens with zero attached hydrogens (tertiary/aromatic N) is 1. The minimum Gasteiger partial charge on any atom is -0.485 e. The summed E-state index contributed by atoms with van der Waals surface area (Å²) in [6, 6.07) is 10.6. The normalized spacial score (nSPS) is 17.7. The predicted molar refractivity (Wildman–Crippen MR) is 79.9 cm³/mol. The second-order valence-electron chi connectivity index (χ2n) is 5.27. The van der Waals surface area contributed by atoms with E-state index < -0.39 is 11.7 Å². The summed E-state index contributed by atoms with van der Waals surface area (Å²) in [6.45, 7) is 0. The van der Waals surface area contributed by atoms with Crippen LogP contribution in [0.25, 0.3) is 0 Å². The molecule has 2 aromatic rings. The van der Waals surface area contributed by atoms with Crippen molar-refractivity contribution < 1.29 is 17.9 Å². The van der Waals surface area contributed by atoms with Gasteiger partial charge in [-0.2, -0.15) is 18.3 Å². The summed E-state index contributed by atoms with van der Waals surface area (Å²) >= 11 is 0. The lowest BCUT2D eigenvalue weighted by molar-refractivity contribution is -0.137. The molecule has 23 heavy (non-hydrogen) atoms. The van der Waals surface area contributed by atoms with Gasteiger partial charge in [-0.05, 0) is 35.4 Å². The number of nitrogens with two attached hydrogens (primary N) is 2. The van der Waals surface area contributed by atoms with Gasteiger partial charge in [-0.25, -0.2) is 0 Å². The first-order chi connectivity index (χ1) is 10.9. The van der Waals surface area contributed by atoms with Gasteiger partial charge in [-0.15, -0.1) is 0 Å². The van der Waals surface area contributed by atoms with Crippen LogP contribution < -0.4 is 16.3 Å². The number of hydrazone groups is 1. The van der Waals surface area contributed by atoms with Gasteiger partial charge in [0.1, 0.15) is 17.7 Å². The summed E-state index contributed by atoms with van der Waals surface area (Å²) in [5.74, 6) is 5.81. The molecular weight excluding hydrogens is 307 g/mol. The highest BCUT2D eigenvalue weighted by atomic mass is 19.4. The van der Waals surface area contributed by atoms with Crippen molar-refractivity contribution >= 4 is 5.84 Å². The third-order valence-electron chi connectivity index (χ3n) is 3.76. The van der Waals surface area contributed by atoms with E-state index in [1.54, 1.807) is 18.2 Å². The molecule has 0 aromatic heterocycles. The highest BCUT2D eigenvalue weighted by Gasteiger charge is 2.33. The summed E-state index contributed by atoms with van der Waals surface area (Å²) in [7, 11) is 0. The van der Waals surface area contributed by atoms with Crippen LogP contribution in [-0.4, -0.2) is 5.84 Å². The summed E-state index contributed by atoms with van der Waals surface area (Å²) in [6.07, 6.45) is -4.36. The van der Waals surface area contributed by atoms with Crippen molar-refractivity contribution in [1.82, 2.24) is 0 Å². The number of halogens is 3. The van der Waals surface area contributed by atoms with E-state index in [4.69, 9.17) is 16.3 Å². The maximum absolute atomic E-state index is 12.8.